The highest BCUT2D eigenvalue weighted by atomic mass is 35.5. The Labute approximate surface area is 190 Å². The molecule has 3 aromatic rings. The highest BCUT2D eigenvalue weighted by molar-refractivity contribution is 7.09. The van der Waals surface area contributed by atoms with Crippen LogP contribution in [0.15, 0.2) is 60.0 Å². The van der Waals surface area contributed by atoms with Gasteiger partial charge in [-0.05, 0) is 35.6 Å². The van der Waals surface area contributed by atoms with Crippen LogP contribution in [0.1, 0.15) is 20.8 Å². The van der Waals surface area contributed by atoms with Crippen molar-refractivity contribution in [3.8, 4) is 11.5 Å². The number of primary amides is 1. The molecule has 2 aromatic carbocycles. The monoisotopic (exact) mass is 458 g/mol. The Kier molecular flexibility index (Phi) is 7.92. The van der Waals surface area contributed by atoms with Gasteiger partial charge in [0.1, 0.15) is 0 Å². The number of carbonyl (C=O) groups is 2. The van der Waals surface area contributed by atoms with Crippen LogP contribution >= 0.6 is 22.9 Å². The maximum absolute atomic E-state index is 13.4. The van der Waals surface area contributed by atoms with E-state index in [1.54, 1.807) is 22.3 Å². The van der Waals surface area contributed by atoms with E-state index >= 15 is 0 Å². The minimum absolute atomic E-state index is 0.170. The molecule has 2 N–H and O–H groups in total. The molecule has 2 amide bonds. The van der Waals surface area contributed by atoms with Crippen molar-refractivity contribution in [2.75, 3.05) is 20.3 Å². The minimum atomic E-state index is -0.638. The third kappa shape index (κ3) is 6.23. The number of rotatable bonds is 10. The Morgan fingerprint density at radius 1 is 1.13 bits per heavy atom. The maximum atomic E-state index is 13.4. The quantitative estimate of drug-likeness (QED) is 0.494. The second kappa shape index (κ2) is 10.8. The first-order valence-electron chi connectivity index (χ1n) is 9.62. The summed E-state index contributed by atoms with van der Waals surface area (Å²) in [5.41, 5.74) is 6.66. The van der Waals surface area contributed by atoms with Crippen molar-refractivity contribution in [2.45, 2.75) is 13.0 Å². The number of nitrogens with two attached hydrogens (primary N) is 1. The molecular formula is C23H23ClN2O4S. The van der Waals surface area contributed by atoms with Gasteiger partial charge in [0.2, 0.25) is 0 Å². The predicted octanol–water partition coefficient (Wildman–Crippen LogP) is 4.16. The summed E-state index contributed by atoms with van der Waals surface area (Å²) in [6.45, 7) is 0.689. The normalized spacial score (nSPS) is 10.5. The molecule has 0 aliphatic carbocycles. The second-order valence-electron chi connectivity index (χ2n) is 6.79. The molecule has 0 saturated heterocycles. The second-order valence-corrected chi connectivity index (χ2v) is 8.23. The van der Waals surface area contributed by atoms with Gasteiger partial charge < -0.3 is 20.1 Å². The number of amides is 2. The SMILES string of the molecule is COc1cc(C(=O)N(CCc2ccccc2)Cc2cccs2)cc(Cl)c1OCC(N)=O. The smallest absolute Gasteiger partial charge is 0.255 e. The lowest BCUT2D eigenvalue weighted by Gasteiger charge is -2.23. The molecule has 0 spiro atoms. The van der Waals surface area contributed by atoms with Crippen molar-refractivity contribution >= 4 is 34.8 Å². The third-order valence-electron chi connectivity index (χ3n) is 4.56. The van der Waals surface area contributed by atoms with E-state index in [-0.39, 0.29) is 29.0 Å². The summed E-state index contributed by atoms with van der Waals surface area (Å²) in [5, 5.41) is 2.16. The van der Waals surface area contributed by atoms with Crippen LogP contribution in [0, 0.1) is 0 Å². The number of nitrogens with zero attached hydrogens (tertiary/aromatic N) is 1. The summed E-state index contributed by atoms with van der Waals surface area (Å²) in [6.07, 6.45) is 0.725. The molecule has 162 valence electrons. The summed E-state index contributed by atoms with van der Waals surface area (Å²) < 4.78 is 10.7. The Morgan fingerprint density at radius 3 is 2.55 bits per heavy atom. The zero-order valence-electron chi connectivity index (χ0n) is 17.0. The fraction of sp³-hybridized carbons (Fsp3) is 0.217. The molecule has 1 heterocycles. The molecule has 3 rings (SSSR count). The van der Waals surface area contributed by atoms with E-state index in [2.05, 4.69) is 0 Å². The van der Waals surface area contributed by atoms with Crippen LogP contribution in [0.5, 0.6) is 11.5 Å². The fourth-order valence-corrected chi connectivity index (χ4v) is 4.05. The maximum Gasteiger partial charge on any atom is 0.255 e. The van der Waals surface area contributed by atoms with Crippen LogP contribution in [-0.4, -0.2) is 37.0 Å². The molecule has 31 heavy (non-hydrogen) atoms. The summed E-state index contributed by atoms with van der Waals surface area (Å²) in [5.74, 6) is -0.378. The lowest BCUT2D eigenvalue weighted by Crippen LogP contribution is -2.32. The lowest BCUT2D eigenvalue weighted by molar-refractivity contribution is -0.119. The van der Waals surface area contributed by atoms with Crippen LogP contribution in [0.3, 0.4) is 0 Å². The number of thiophene rings is 1. The van der Waals surface area contributed by atoms with Gasteiger partial charge in [0.05, 0.1) is 18.7 Å². The van der Waals surface area contributed by atoms with Crippen molar-refractivity contribution in [2.24, 2.45) is 5.73 Å². The zero-order chi connectivity index (χ0) is 22.2. The van der Waals surface area contributed by atoms with E-state index in [0.717, 1.165) is 16.9 Å². The van der Waals surface area contributed by atoms with Crippen LogP contribution in [0.4, 0.5) is 0 Å². The number of hydrogen-bond acceptors (Lipinski definition) is 5. The average Bonchev–Trinajstić information content (AvgIpc) is 3.28. The molecule has 0 radical (unpaired) electrons. The first-order valence-corrected chi connectivity index (χ1v) is 10.9. The van der Waals surface area contributed by atoms with E-state index in [1.165, 1.54) is 13.2 Å². The molecule has 8 heteroatoms. The van der Waals surface area contributed by atoms with Gasteiger partial charge >= 0.3 is 0 Å². The Bertz CT molecular complexity index is 1030. The average molecular weight is 459 g/mol. The van der Waals surface area contributed by atoms with Gasteiger partial charge in [0.25, 0.3) is 11.8 Å². The molecule has 1 aromatic heterocycles. The van der Waals surface area contributed by atoms with Crippen molar-refractivity contribution in [3.63, 3.8) is 0 Å². The molecule has 0 unspecified atom stereocenters. The van der Waals surface area contributed by atoms with Crippen LogP contribution < -0.4 is 15.2 Å². The van der Waals surface area contributed by atoms with Crippen molar-refractivity contribution in [1.82, 2.24) is 4.90 Å². The molecule has 0 bridgehead atoms. The Morgan fingerprint density at radius 2 is 1.90 bits per heavy atom. The van der Waals surface area contributed by atoms with E-state index in [1.807, 2.05) is 47.8 Å². The zero-order valence-corrected chi connectivity index (χ0v) is 18.6. The van der Waals surface area contributed by atoms with Gasteiger partial charge in [-0.25, -0.2) is 0 Å². The van der Waals surface area contributed by atoms with E-state index < -0.39 is 5.91 Å². The van der Waals surface area contributed by atoms with Gasteiger partial charge in [0.15, 0.2) is 18.1 Å². The van der Waals surface area contributed by atoms with Crippen LogP contribution in [0.25, 0.3) is 0 Å². The molecular weight excluding hydrogens is 436 g/mol. The number of benzene rings is 2. The molecule has 0 aliphatic heterocycles. The summed E-state index contributed by atoms with van der Waals surface area (Å²) in [6, 6.07) is 17.1. The summed E-state index contributed by atoms with van der Waals surface area (Å²) in [7, 11) is 1.44. The first kappa shape index (κ1) is 22.7. The van der Waals surface area contributed by atoms with Crippen LogP contribution in [-0.2, 0) is 17.8 Å². The fourth-order valence-electron chi connectivity index (χ4n) is 3.06. The number of halogens is 1. The largest absolute Gasteiger partial charge is 0.493 e. The number of methoxy groups -OCH3 is 1. The van der Waals surface area contributed by atoms with Crippen LogP contribution in [0.2, 0.25) is 5.02 Å². The van der Waals surface area contributed by atoms with E-state index in [9.17, 15) is 9.59 Å². The van der Waals surface area contributed by atoms with Gasteiger partial charge in [0, 0.05) is 17.0 Å². The number of carbonyl (C=O) groups excluding carboxylic acids is 2. The summed E-state index contributed by atoms with van der Waals surface area (Å²) in [4.78, 5) is 27.3. The lowest BCUT2D eigenvalue weighted by atomic mass is 10.1. The van der Waals surface area contributed by atoms with Gasteiger partial charge in [-0.3, -0.25) is 9.59 Å². The van der Waals surface area contributed by atoms with E-state index in [0.29, 0.717) is 18.7 Å². The molecule has 6 nitrogen and oxygen atoms in total. The molecule has 0 saturated carbocycles. The third-order valence-corrected chi connectivity index (χ3v) is 5.70. The molecule has 0 aliphatic rings. The highest BCUT2D eigenvalue weighted by Crippen LogP contribution is 2.37. The topological polar surface area (TPSA) is 81.9 Å². The summed E-state index contributed by atoms with van der Waals surface area (Å²) >= 11 is 7.94. The van der Waals surface area contributed by atoms with Crippen molar-refractivity contribution in [3.05, 3.63) is 81.0 Å². The first-order chi connectivity index (χ1) is 15.0. The highest BCUT2D eigenvalue weighted by Gasteiger charge is 2.21. The van der Waals surface area contributed by atoms with Gasteiger partial charge in [-0.15, -0.1) is 11.3 Å². The van der Waals surface area contributed by atoms with Crippen molar-refractivity contribution < 1.29 is 19.1 Å². The number of ether oxygens (including phenoxy) is 2. The standard InChI is InChI=1S/C23H23ClN2O4S/c1-29-20-13-17(12-19(24)22(20)30-15-21(25)27)23(28)26(14-18-8-5-11-31-18)10-9-16-6-3-2-4-7-16/h2-8,11-13H,9-10,14-15H2,1H3,(H2,25,27). The Hall–Kier alpha value is -3.03. The molecule has 0 atom stereocenters. The minimum Gasteiger partial charge on any atom is -0.493 e. The number of hydrogen-bond donors (Lipinski definition) is 1. The van der Waals surface area contributed by atoms with E-state index in [4.69, 9.17) is 26.8 Å². The van der Waals surface area contributed by atoms with Gasteiger partial charge in [-0.1, -0.05) is 48.0 Å². The Balaban J connectivity index is 1.85. The van der Waals surface area contributed by atoms with Crippen molar-refractivity contribution in [1.29, 1.82) is 0 Å². The molecule has 0 fully saturated rings. The predicted molar refractivity (Wildman–Crippen MR) is 122 cm³/mol. The van der Waals surface area contributed by atoms with Gasteiger partial charge in [-0.2, -0.15) is 0 Å².